The molecular formula is C19H24FNO2. The maximum atomic E-state index is 13.4. The quantitative estimate of drug-likeness (QED) is 0.816. The summed E-state index contributed by atoms with van der Waals surface area (Å²) in [6.45, 7) is 4.64. The van der Waals surface area contributed by atoms with E-state index in [2.05, 4.69) is 31.3 Å². The molecule has 1 atom stereocenters. The van der Waals surface area contributed by atoms with Crippen molar-refractivity contribution >= 4 is 0 Å². The predicted molar refractivity (Wildman–Crippen MR) is 89.7 cm³/mol. The van der Waals surface area contributed by atoms with Crippen LogP contribution in [0, 0.1) is 11.7 Å². The molecule has 0 saturated carbocycles. The molecule has 0 spiro atoms. The minimum Gasteiger partial charge on any atom is -0.497 e. The molecule has 124 valence electrons. The third-order valence-corrected chi connectivity index (χ3v) is 3.95. The Kier molecular flexibility index (Phi) is 6.13. The molecule has 2 rings (SSSR count). The van der Waals surface area contributed by atoms with Gasteiger partial charge in [0.2, 0.25) is 0 Å². The Morgan fingerprint density at radius 2 is 1.83 bits per heavy atom. The molecule has 1 unspecified atom stereocenters. The zero-order valence-electron chi connectivity index (χ0n) is 13.8. The van der Waals surface area contributed by atoms with Crippen LogP contribution in [0.3, 0.4) is 0 Å². The molecule has 0 radical (unpaired) electrons. The SMILES string of the molecule is COc1ccc(C(NCc2ccc(F)c(CO)c2)C(C)C)cc1. The van der Waals surface area contributed by atoms with Crippen molar-refractivity contribution in [3.05, 3.63) is 65.0 Å². The zero-order chi connectivity index (χ0) is 16.8. The lowest BCUT2D eigenvalue weighted by atomic mass is 9.95. The summed E-state index contributed by atoms with van der Waals surface area (Å²) >= 11 is 0. The second kappa shape index (κ2) is 8.09. The van der Waals surface area contributed by atoms with E-state index in [0.717, 1.165) is 11.3 Å². The van der Waals surface area contributed by atoms with Crippen LogP contribution in [0.5, 0.6) is 5.75 Å². The van der Waals surface area contributed by atoms with E-state index in [0.29, 0.717) is 18.0 Å². The molecule has 3 nitrogen and oxygen atoms in total. The second-order valence-corrected chi connectivity index (χ2v) is 5.96. The van der Waals surface area contributed by atoms with Gasteiger partial charge in [0, 0.05) is 18.2 Å². The highest BCUT2D eigenvalue weighted by atomic mass is 19.1. The van der Waals surface area contributed by atoms with Crippen molar-refractivity contribution in [2.24, 2.45) is 5.92 Å². The summed E-state index contributed by atoms with van der Waals surface area (Å²) in [6.07, 6.45) is 0. The predicted octanol–water partition coefficient (Wildman–Crippen LogP) is 3.81. The number of halogens is 1. The highest BCUT2D eigenvalue weighted by Crippen LogP contribution is 2.24. The lowest BCUT2D eigenvalue weighted by Crippen LogP contribution is -2.25. The molecule has 0 heterocycles. The van der Waals surface area contributed by atoms with Crippen molar-refractivity contribution < 1.29 is 14.2 Å². The van der Waals surface area contributed by atoms with Crippen molar-refractivity contribution in [1.82, 2.24) is 5.32 Å². The van der Waals surface area contributed by atoms with Crippen molar-refractivity contribution in [2.75, 3.05) is 7.11 Å². The number of hydrogen-bond acceptors (Lipinski definition) is 3. The van der Waals surface area contributed by atoms with Gasteiger partial charge >= 0.3 is 0 Å². The molecule has 2 N–H and O–H groups in total. The van der Waals surface area contributed by atoms with Crippen LogP contribution in [0.1, 0.15) is 36.6 Å². The molecule has 0 fully saturated rings. The van der Waals surface area contributed by atoms with Crippen LogP contribution in [-0.2, 0) is 13.2 Å². The molecule has 2 aromatic rings. The number of rotatable bonds is 7. The molecule has 0 aliphatic rings. The molecule has 0 saturated heterocycles. The number of methoxy groups -OCH3 is 1. The standard InChI is InChI=1S/C19H24FNO2/c1-13(2)19(15-5-7-17(23-3)8-6-15)21-11-14-4-9-18(20)16(10-14)12-22/h4-10,13,19,21-22H,11-12H2,1-3H3. The Labute approximate surface area is 137 Å². The Morgan fingerprint density at radius 3 is 2.39 bits per heavy atom. The van der Waals surface area contributed by atoms with Gasteiger partial charge in [-0.05, 0) is 41.3 Å². The summed E-state index contributed by atoms with van der Waals surface area (Å²) in [4.78, 5) is 0. The first-order valence-corrected chi connectivity index (χ1v) is 7.80. The highest BCUT2D eigenvalue weighted by molar-refractivity contribution is 5.30. The van der Waals surface area contributed by atoms with E-state index in [9.17, 15) is 4.39 Å². The first-order chi connectivity index (χ1) is 11.0. The maximum Gasteiger partial charge on any atom is 0.128 e. The fourth-order valence-corrected chi connectivity index (χ4v) is 2.64. The summed E-state index contributed by atoms with van der Waals surface area (Å²) < 4.78 is 18.6. The number of nitrogens with one attached hydrogen (secondary N) is 1. The van der Waals surface area contributed by atoms with Gasteiger partial charge in [-0.3, -0.25) is 0 Å². The van der Waals surface area contributed by atoms with Crippen LogP contribution >= 0.6 is 0 Å². The fraction of sp³-hybridized carbons (Fsp3) is 0.368. The number of benzene rings is 2. The Balaban J connectivity index is 2.10. The Morgan fingerprint density at radius 1 is 1.13 bits per heavy atom. The van der Waals surface area contributed by atoms with Crippen LogP contribution in [0.25, 0.3) is 0 Å². The van der Waals surface area contributed by atoms with Crippen LogP contribution in [0.15, 0.2) is 42.5 Å². The van der Waals surface area contributed by atoms with Crippen molar-refractivity contribution in [1.29, 1.82) is 0 Å². The van der Waals surface area contributed by atoms with Gasteiger partial charge in [-0.25, -0.2) is 4.39 Å². The third kappa shape index (κ3) is 4.53. The normalized spacial score (nSPS) is 12.4. The minimum absolute atomic E-state index is 0.184. The molecule has 2 aromatic carbocycles. The van der Waals surface area contributed by atoms with Gasteiger partial charge < -0.3 is 15.2 Å². The lowest BCUT2D eigenvalue weighted by Gasteiger charge is -2.23. The first-order valence-electron chi connectivity index (χ1n) is 7.80. The van der Waals surface area contributed by atoms with Crippen molar-refractivity contribution in [2.45, 2.75) is 33.0 Å². The molecule has 0 bridgehead atoms. The molecule has 23 heavy (non-hydrogen) atoms. The first kappa shape index (κ1) is 17.4. The zero-order valence-corrected chi connectivity index (χ0v) is 13.8. The largest absolute Gasteiger partial charge is 0.497 e. The van der Waals surface area contributed by atoms with Gasteiger partial charge in [-0.15, -0.1) is 0 Å². The highest BCUT2D eigenvalue weighted by Gasteiger charge is 2.15. The van der Waals surface area contributed by atoms with E-state index in [4.69, 9.17) is 9.84 Å². The third-order valence-electron chi connectivity index (χ3n) is 3.95. The van der Waals surface area contributed by atoms with E-state index >= 15 is 0 Å². The Bertz CT molecular complexity index is 626. The van der Waals surface area contributed by atoms with E-state index in [1.165, 1.54) is 11.6 Å². The van der Waals surface area contributed by atoms with Crippen LogP contribution < -0.4 is 10.1 Å². The summed E-state index contributed by atoms with van der Waals surface area (Å²) in [6, 6.07) is 13.0. The average Bonchev–Trinajstić information content (AvgIpc) is 2.56. The average molecular weight is 317 g/mol. The van der Waals surface area contributed by atoms with Gasteiger partial charge in [-0.2, -0.15) is 0 Å². The summed E-state index contributed by atoms with van der Waals surface area (Å²) in [5.41, 5.74) is 2.47. The Hall–Kier alpha value is -1.91. The second-order valence-electron chi connectivity index (χ2n) is 5.96. The van der Waals surface area contributed by atoms with Crippen molar-refractivity contribution in [3.63, 3.8) is 0 Å². The smallest absolute Gasteiger partial charge is 0.128 e. The van der Waals surface area contributed by atoms with Gasteiger partial charge in [-0.1, -0.05) is 32.0 Å². The van der Waals surface area contributed by atoms with Gasteiger partial charge in [0.1, 0.15) is 11.6 Å². The lowest BCUT2D eigenvalue weighted by molar-refractivity contribution is 0.275. The summed E-state index contributed by atoms with van der Waals surface area (Å²) in [7, 11) is 1.65. The fourth-order valence-electron chi connectivity index (χ4n) is 2.64. The number of aliphatic hydroxyl groups excluding tert-OH is 1. The molecule has 0 aliphatic carbocycles. The molecular weight excluding hydrogens is 293 g/mol. The molecule has 0 aromatic heterocycles. The summed E-state index contributed by atoms with van der Waals surface area (Å²) in [5, 5.41) is 12.7. The van der Waals surface area contributed by atoms with Gasteiger partial charge in [0.05, 0.1) is 13.7 Å². The van der Waals surface area contributed by atoms with E-state index in [1.54, 1.807) is 19.2 Å². The summed E-state index contributed by atoms with van der Waals surface area (Å²) in [5.74, 6) is 0.871. The molecule has 0 amide bonds. The van der Waals surface area contributed by atoms with Gasteiger partial charge in [0.15, 0.2) is 0 Å². The van der Waals surface area contributed by atoms with E-state index < -0.39 is 0 Å². The monoisotopic (exact) mass is 317 g/mol. The molecule has 4 heteroatoms. The number of ether oxygens (including phenoxy) is 1. The topological polar surface area (TPSA) is 41.5 Å². The van der Waals surface area contributed by atoms with Crippen molar-refractivity contribution in [3.8, 4) is 5.75 Å². The van der Waals surface area contributed by atoms with E-state index in [-0.39, 0.29) is 18.5 Å². The van der Waals surface area contributed by atoms with Gasteiger partial charge in [0.25, 0.3) is 0 Å². The minimum atomic E-state index is -0.369. The molecule has 0 aliphatic heterocycles. The van der Waals surface area contributed by atoms with Crippen LogP contribution in [0.4, 0.5) is 4.39 Å². The number of hydrogen-bond donors (Lipinski definition) is 2. The maximum absolute atomic E-state index is 13.4. The van der Waals surface area contributed by atoms with Crippen LogP contribution in [-0.4, -0.2) is 12.2 Å². The number of aliphatic hydroxyl groups is 1. The van der Waals surface area contributed by atoms with E-state index in [1.807, 2.05) is 12.1 Å². The van der Waals surface area contributed by atoms with Crippen LogP contribution in [0.2, 0.25) is 0 Å².